The molecule has 20 heavy (non-hydrogen) atoms. The summed E-state index contributed by atoms with van der Waals surface area (Å²) in [5, 5.41) is 0. The molecule has 0 spiro atoms. The third kappa shape index (κ3) is 2.07. The maximum atomic E-state index is 5.52. The Bertz CT molecular complexity index is 633. The topological polar surface area (TPSA) is 12.5 Å². The van der Waals surface area contributed by atoms with E-state index in [1.165, 1.54) is 16.8 Å². The van der Waals surface area contributed by atoms with Crippen molar-refractivity contribution in [2.45, 2.75) is 13.0 Å². The molecule has 0 amide bonds. The van der Waals surface area contributed by atoms with Gasteiger partial charge in [0.15, 0.2) is 0 Å². The number of likely N-dealkylation sites (N-methyl/N-ethyl adjacent to an activating group) is 1. The fraction of sp³-hybridized carbons (Fsp3) is 0.222. The number of fused-ring (bicyclic) bond motifs is 1. The molecule has 1 heterocycles. The van der Waals surface area contributed by atoms with Crippen LogP contribution in [-0.4, -0.2) is 13.7 Å². The van der Waals surface area contributed by atoms with E-state index in [0.717, 1.165) is 12.3 Å². The van der Waals surface area contributed by atoms with Gasteiger partial charge >= 0.3 is 0 Å². The number of methoxy groups -OCH3 is 1. The molecular formula is C18H19NO. The predicted octanol–water partition coefficient (Wildman–Crippen LogP) is 4.29. The van der Waals surface area contributed by atoms with Crippen molar-refractivity contribution in [1.82, 2.24) is 0 Å². The molecule has 0 aliphatic carbocycles. The molecule has 1 aliphatic rings. The van der Waals surface area contributed by atoms with Gasteiger partial charge in [-0.1, -0.05) is 48.6 Å². The maximum Gasteiger partial charge on any atom is 0.124 e. The van der Waals surface area contributed by atoms with Gasteiger partial charge in [-0.15, -0.1) is 0 Å². The first-order chi connectivity index (χ1) is 9.85. The van der Waals surface area contributed by atoms with Crippen LogP contribution in [0, 0.1) is 0 Å². The SMILES string of the molecule is CCN1c2ccccc2C=C[C@H]1c1ccccc1OC. The van der Waals surface area contributed by atoms with Crippen molar-refractivity contribution < 1.29 is 4.74 Å². The Balaban J connectivity index is 2.07. The molecule has 0 aromatic heterocycles. The zero-order chi connectivity index (χ0) is 13.9. The lowest BCUT2D eigenvalue weighted by Crippen LogP contribution is -2.29. The summed E-state index contributed by atoms with van der Waals surface area (Å²) in [5.74, 6) is 0.944. The molecule has 1 atom stereocenters. The monoisotopic (exact) mass is 265 g/mol. The number of nitrogens with zero attached hydrogens (tertiary/aromatic N) is 1. The fourth-order valence-electron chi connectivity index (χ4n) is 2.89. The van der Waals surface area contributed by atoms with E-state index in [9.17, 15) is 0 Å². The zero-order valence-electron chi connectivity index (χ0n) is 11.9. The summed E-state index contributed by atoms with van der Waals surface area (Å²) in [6.45, 7) is 3.16. The van der Waals surface area contributed by atoms with Crippen LogP contribution < -0.4 is 9.64 Å². The zero-order valence-corrected chi connectivity index (χ0v) is 11.9. The second-order valence-electron chi connectivity index (χ2n) is 4.89. The van der Waals surface area contributed by atoms with Crippen LogP contribution in [-0.2, 0) is 0 Å². The summed E-state index contributed by atoms with van der Waals surface area (Å²) in [6, 6.07) is 17.0. The van der Waals surface area contributed by atoms with Gasteiger partial charge < -0.3 is 9.64 Å². The Kier molecular flexibility index (Phi) is 3.46. The average molecular weight is 265 g/mol. The van der Waals surface area contributed by atoms with Crippen molar-refractivity contribution in [2.24, 2.45) is 0 Å². The van der Waals surface area contributed by atoms with Gasteiger partial charge in [-0.2, -0.15) is 0 Å². The number of para-hydroxylation sites is 2. The normalized spacial score (nSPS) is 16.9. The highest BCUT2D eigenvalue weighted by molar-refractivity contribution is 5.73. The minimum absolute atomic E-state index is 0.228. The predicted molar refractivity (Wildman–Crippen MR) is 84.2 cm³/mol. The van der Waals surface area contributed by atoms with E-state index in [1.807, 2.05) is 12.1 Å². The van der Waals surface area contributed by atoms with E-state index < -0.39 is 0 Å². The highest BCUT2D eigenvalue weighted by Gasteiger charge is 2.24. The molecule has 0 unspecified atom stereocenters. The van der Waals surface area contributed by atoms with E-state index >= 15 is 0 Å². The van der Waals surface area contributed by atoms with Gasteiger partial charge in [0, 0.05) is 17.8 Å². The molecule has 102 valence electrons. The van der Waals surface area contributed by atoms with Crippen LogP contribution in [0.1, 0.15) is 24.1 Å². The minimum atomic E-state index is 0.228. The number of anilines is 1. The first-order valence-electron chi connectivity index (χ1n) is 7.02. The molecule has 3 rings (SSSR count). The lowest BCUT2D eigenvalue weighted by Gasteiger charge is -2.35. The highest BCUT2D eigenvalue weighted by Crippen LogP contribution is 2.38. The average Bonchev–Trinajstić information content (AvgIpc) is 2.53. The first kappa shape index (κ1) is 12.8. The van der Waals surface area contributed by atoms with Crippen LogP contribution in [0.25, 0.3) is 6.08 Å². The lowest BCUT2D eigenvalue weighted by molar-refractivity contribution is 0.407. The standard InChI is InChI=1S/C18H19NO/c1-3-19-16-10-6-4-8-14(16)12-13-17(19)15-9-5-7-11-18(15)20-2/h4-13,17H,3H2,1-2H3/t17-/m0/s1. The molecule has 2 aromatic rings. The Morgan fingerprint density at radius 2 is 1.80 bits per heavy atom. The second-order valence-corrected chi connectivity index (χ2v) is 4.89. The molecule has 0 saturated heterocycles. The van der Waals surface area contributed by atoms with Gasteiger partial charge in [-0.05, 0) is 24.6 Å². The smallest absolute Gasteiger partial charge is 0.124 e. The van der Waals surface area contributed by atoms with Crippen LogP contribution in [0.15, 0.2) is 54.6 Å². The molecule has 0 radical (unpaired) electrons. The van der Waals surface area contributed by atoms with Gasteiger partial charge in [0.05, 0.1) is 13.2 Å². The van der Waals surface area contributed by atoms with Gasteiger partial charge in [0.1, 0.15) is 5.75 Å². The van der Waals surface area contributed by atoms with Crippen molar-refractivity contribution in [3.63, 3.8) is 0 Å². The van der Waals surface area contributed by atoms with E-state index in [1.54, 1.807) is 7.11 Å². The fourth-order valence-corrected chi connectivity index (χ4v) is 2.89. The Morgan fingerprint density at radius 3 is 2.60 bits per heavy atom. The molecule has 2 nitrogen and oxygen atoms in total. The van der Waals surface area contributed by atoms with Gasteiger partial charge in [-0.25, -0.2) is 0 Å². The third-order valence-corrected chi connectivity index (χ3v) is 3.84. The molecule has 2 heteroatoms. The van der Waals surface area contributed by atoms with Crippen LogP contribution in [0.2, 0.25) is 0 Å². The molecule has 2 aromatic carbocycles. The van der Waals surface area contributed by atoms with Crippen LogP contribution in [0.4, 0.5) is 5.69 Å². The van der Waals surface area contributed by atoms with E-state index in [2.05, 4.69) is 60.4 Å². The van der Waals surface area contributed by atoms with Gasteiger partial charge in [0.2, 0.25) is 0 Å². The number of benzene rings is 2. The summed E-state index contributed by atoms with van der Waals surface area (Å²) < 4.78 is 5.52. The maximum absolute atomic E-state index is 5.52. The number of hydrogen-bond acceptors (Lipinski definition) is 2. The van der Waals surface area contributed by atoms with Crippen LogP contribution >= 0.6 is 0 Å². The summed E-state index contributed by atoms with van der Waals surface area (Å²) in [7, 11) is 1.73. The number of ether oxygens (including phenoxy) is 1. The largest absolute Gasteiger partial charge is 0.496 e. The Hall–Kier alpha value is -2.22. The molecule has 0 fully saturated rings. The quantitative estimate of drug-likeness (QED) is 0.821. The highest BCUT2D eigenvalue weighted by atomic mass is 16.5. The second kappa shape index (κ2) is 5.41. The molecule has 0 N–H and O–H groups in total. The van der Waals surface area contributed by atoms with Crippen LogP contribution in [0.3, 0.4) is 0 Å². The van der Waals surface area contributed by atoms with Crippen molar-refractivity contribution in [1.29, 1.82) is 0 Å². The summed E-state index contributed by atoms with van der Waals surface area (Å²) in [5.41, 5.74) is 3.77. The number of rotatable bonds is 3. The van der Waals surface area contributed by atoms with E-state index in [4.69, 9.17) is 4.74 Å². The van der Waals surface area contributed by atoms with Gasteiger partial charge in [-0.3, -0.25) is 0 Å². The third-order valence-electron chi connectivity index (χ3n) is 3.84. The van der Waals surface area contributed by atoms with Crippen LogP contribution in [0.5, 0.6) is 5.75 Å². The van der Waals surface area contributed by atoms with Crippen molar-refractivity contribution >= 4 is 11.8 Å². The van der Waals surface area contributed by atoms with Crippen molar-refractivity contribution in [2.75, 3.05) is 18.6 Å². The molecule has 1 aliphatic heterocycles. The first-order valence-corrected chi connectivity index (χ1v) is 7.02. The van der Waals surface area contributed by atoms with Crippen molar-refractivity contribution in [3.05, 3.63) is 65.7 Å². The van der Waals surface area contributed by atoms with Crippen molar-refractivity contribution in [3.8, 4) is 5.75 Å². The van der Waals surface area contributed by atoms with E-state index in [0.29, 0.717) is 0 Å². The van der Waals surface area contributed by atoms with Gasteiger partial charge in [0.25, 0.3) is 0 Å². The Labute approximate surface area is 120 Å². The molecule has 0 saturated carbocycles. The summed E-state index contributed by atoms with van der Waals surface area (Å²) in [6.07, 6.45) is 4.46. The molecule has 0 bridgehead atoms. The number of hydrogen-bond donors (Lipinski definition) is 0. The summed E-state index contributed by atoms with van der Waals surface area (Å²) in [4.78, 5) is 2.41. The Morgan fingerprint density at radius 1 is 1.05 bits per heavy atom. The van der Waals surface area contributed by atoms with E-state index in [-0.39, 0.29) is 6.04 Å². The lowest BCUT2D eigenvalue weighted by atomic mass is 9.96. The summed E-state index contributed by atoms with van der Waals surface area (Å²) >= 11 is 0. The molecular weight excluding hydrogens is 246 g/mol. The minimum Gasteiger partial charge on any atom is -0.496 e.